The molecule has 8 nitrogen and oxygen atoms in total. The van der Waals surface area contributed by atoms with E-state index in [9.17, 15) is 30.3 Å². The third-order valence-corrected chi connectivity index (χ3v) is 7.75. The zero-order valence-electron chi connectivity index (χ0n) is 23.7. The molecule has 1 aliphatic heterocycles. The van der Waals surface area contributed by atoms with E-state index in [1.807, 2.05) is 12.1 Å². The Kier molecular flexibility index (Phi) is 8.87. The predicted octanol–water partition coefficient (Wildman–Crippen LogP) is 6.40. The lowest BCUT2D eigenvalue weighted by molar-refractivity contribution is 0.103. The number of hydrogen-bond donors (Lipinski definition) is 5. The number of hydrogen-bond acceptors (Lipinski definition) is 8. The number of aryl methyl sites for hydroxylation is 1. The fraction of sp³-hybridized carbons (Fsp3) is 0.229. The van der Waals surface area contributed by atoms with Gasteiger partial charge < -0.3 is 35.0 Å². The number of ketones is 1. The van der Waals surface area contributed by atoms with Crippen molar-refractivity contribution in [2.24, 2.45) is 0 Å². The molecule has 0 amide bonds. The third-order valence-electron chi connectivity index (χ3n) is 7.75. The maximum absolute atomic E-state index is 13.4. The molecule has 0 radical (unpaired) electrons. The van der Waals surface area contributed by atoms with E-state index in [1.54, 1.807) is 60.7 Å². The number of rotatable bonds is 10. The Morgan fingerprint density at radius 1 is 0.930 bits per heavy atom. The highest BCUT2D eigenvalue weighted by molar-refractivity contribution is 6.11. The Morgan fingerprint density at radius 2 is 1.53 bits per heavy atom. The number of ether oxygens (including phenoxy) is 2. The third kappa shape index (κ3) is 6.93. The second kappa shape index (κ2) is 12.9. The van der Waals surface area contributed by atoms with Crippen molar-refractivity contribution in [1.82, 2.24) is 0 Å². The summed E-state index contributed by atoms with van der Waals surface area (Å²) in [6.45, 7) is 0. The van der Waals surface area contributed by atoms with E-state index >= 15 is 0 Å². The van der Waals surface area contributed by atoms with Crippen molar-refractivity contribution in [3.63, 3.8) is 0 Å². The smallest absolute Gasteiger partial charge is 0.193 e. The molecule has 5 N–H and O–H groups in total. The second-order valence-corrected chi connectivity index (χ2v) is 10.7. The van der Waals surface area contributed by atoms with Crippen LogP contribution in [0.4, 0.5) is 0 Å². The number of phenols is 4. The summed E-state index contributed by atoms with van der Waals surface area (Å²) in [5.74, 6) is -0.174. The Bertz CT molecular complexity index is 1590. The van der Waals surface area contributed by atoms with Crippen molar-refractivity contribution in [2.75, 3.05) is 7.11 Å². The standard InChI is InChI=1S/C35H34O8/c1-42-31-20-32-33(35(41)34(31)29(40)17-7-22-4-12-26(37)13-5-22)24(19-30(43-32)23-8-15-27(38)16-9-23)18-28(39)14-6-21-2-10-25(36)11-3-21/h2-5,7-13,15-17,20,24,28,30,36-39,41H,6,14,18-19H2,1H3/b17-7+/t24-,28+,30+/m1/s1. The van der Waals surface area contributed by atoms with Gasteiger partial charge in [0.15, 0.2) is 5.78 Å². The van der Waals surface area contributed by atoms with E-state index in [-0.39, 0.29) is 40.2 Å². The molecule has 4 aromatic carbocycles. The average Bonchev–Trinajstić information content (AvgIpc) is 3.00. The van der Waals surface area contributed by atoms with Gasteiger partial charge >= 0.3 is 0 Å². The van der Waals surface area contributed by atoms with Gasteiger partial charge in [0, 0.05) is 11.6 Å². The molecule has 5 rings (SSSR count). The Labute approximate surface area is 249 Å². The SMILES string of the molecule is COc1cc2c(c(O)c1C(=O)/C=C/c1ccc(O)cc1)[C@H](C[C@@H](O)CCc1ccc(O)cc1)C[C@@H](c1ccc(O)cc1)O2. The van der Waals surface area contributed by atoms with Crippen molar-refractivity contribution in [3.8, 4) is 34.5 Å². The number of aromatic hydroxyl groups is 4. The zero-order valence-corrected chi connectivity index (χ0v) is 23.7. The fourth-order valence-corrected chi connectivity index (χ4v) is 5.50. The van der Waals surface area contributed by atoms with Crippen molar-refractivity contribution < 1.29 is 39.8 Å². The number of carbonyl (C=O) groups excluding carboxylic acids is 1. The van der Waals surface area contributed by atoms with Gasteiger partial charge in [0.1, 0.15) is 46.2 Å². The van der Waals surface area contributed by atoms with Crippen LogP contribution >= 0.6 is 0 Å². The van der Waals surface area contributed by atoms with Crippen LogP contribution in [0.2, 0.25) is 0 Å². The monoisotopic (exact) mass is 582 g/mol. The molecule has 0 saturated carbocycles. The number of benzene rings is 4. The van der Waals surface area contributed by atoms with Gasteiger partial charge in [-0.1, -0.05) is 42.5 Å². The largest absolute Gasteiger partial charge is 0.508 e. The lowest BCUT2D eigenvalue weighted by atomic mass is 9.81. The molecule has 3 atom stereocenters. The molecule has 1 heterocycles. The molecule has 43 heavy (non-hydrogen) atoms. The molecule has 222 valence electrons. The lowest BCUT2D eigenvalue weighted by Gasteiger charge is -2.35. The minimum atomic E-state index is -0.722. The first-order chi connectivity index (χ1) is 20.7. The quantitative estimate of drug-likeness (QED) is 0.107. The fourth-order valence-electron chi connectivity index (χ4n) is 5.50. The molecule has 1 aliphatic rings. The molecular weight excluding hydrogens is 548 g/mol. The predicted molar refractivity (Wildman–Crippen MR) is 162 cm³/mol. The number of phenolic OH excluding ortho intramolecular Hbond substituents is 4. The van der Waals surface area contributed by atoms with E-state index in [0.29, 0.717) is 42.6 Å². The zero-order chi connectivity index (χ0) is 30.5. The first-order valence-corrected chi connectivity index (χ1v) is 14.1. The van der Waals surface area contributed by atoms with Crippen LogP contribution < -0.4 is 9.47 Å². The number of aliphatic hydroxyl groups excluding tert-OH is 1. The highest BCUT2D eigenvalue weighted by Gasteiger charge is 2.36. The highest BCUT2D eigenvalue weighted by Crippen LogP contribution is 2.51. The minimum absolute atomic E-state index is 0.00783. The van der Waals surface area contributed by atoms with E-state index < -0.39 is 18.0 Å². The maximum atomic E-state index is 13.4. The molecule has 0 aromatic heterocycles. The highest BCUT2D eigenvalue weighted by atomic mass is 16.5. The van der Waals surface area contributed by atoms with Crippen LogP contribution in [0.3, 0.4) is 0 Å². The summed E-state index contributed by atoms with van der Waals surface area (Å²) < 4.78 is 11.9. The number of fused-ring (bicyclic) bond motifs is 1. The molecular formula is C35H34O8. The molecule has 8 heteroatoms. The van der Waals surface area contributed by atoms with Crippen molar-refractivity contribution in [2.45, 2.75) is 43.8 Å². The van der Waals surface area contributed by atoms with Gasteiger partial charge in [0.05, 0.1) is 13.2 Å². The summed E-state index contributed by atoms with van der Waals surface area (Å²) in [6.07, 6.45) is 3.55. The summed E-state index contributed by atoms with van der Waals surface area (Å²) in [4.78, 5) is 13.4. The van der Waals surface area contributed by atoms with Gasteiger partial charge in [-0.05, 0) is 90.8 Å². The van der Waals surface area contributed by atoms with E-state index in [1.165, 1.54) is 25.3 Å². The van der Waals surface area contributed by atoms with Crippen LogP contribution in [0.5, 0.6) is 34.5 Å². The summed E-state index contributed by atoms with van der Waals surface area (Å²) in [7, 11) is 1.41. The van der Waals surface area contributed by atoms with Gasteiger partial charge in [-0.25, -0.2) is 0 Å². The summed E-state index contributed by atoms with van der Waals surface area (Å²) >= 11 is 0. The molecule has 0 aliphatic carbocycles. The Morgan fingerprint density at radius 3 is 2.16 bits per heavy atom. The van der Waals surface area contributed by atoms with E-state index in [2.05, 4.69) is 0 Å². The van der Waals surface area contributed by atoms with E-state index in [4.69, 9.17) is 9.47 Å². The lowest BCUT2D eigenvalue weighted by Crippen LogP contribution is -2.23. The Balaban J connectivity index is 1.47. The van der Waals surface area contributed by atoms with Crippen molar-refractivity contribution >= 4 is 11.9 Å². The number of allylic oxidation sites excluding steroid dienone is 1. The van der Waals surface area contributed by atoms with Gasteiger partial charge in [-0.2, -0.15) is 0 Å². The minimum Gasteiger partial charge on any atom is -0.508 e. The van der Waals surface area contributed by atoms with Crippen LogP contribution in [-0.4, -0.2) is 44.5 Å². The first kappa shape index (κ1) is 29.5. The van der Waals surface area contributed by atoms with E-state index in [0.717, 1.165) is 11.1 Å². The summed E-state index contributed by atoms with van der Waals surface area (Å²) in [5.41, 5.74) is 2.92. The van der Waals surface area contributed by atoms with Crippen molar-refractivity contribution in [3.05, 3.63) is 113 Å². The van der Waals surface area contributed by atoms with Gasteiger partial charge in [-0.15, -0.1) is 0 Å². The number of methoxy groups -OCH3 is 1. The van der Waals surface area contributed by atoms with Gasteiger partial charge in [0.2, 0.25) is 0 Å². The van der Waals surface area contributed by atoms with Gasteiger partial charge in [-0.3, -0.25) is 4.79 Å². The maximum Gasteiger partial charge on any atom is 0.193 e. The average molecular weight is 583 g/mol. The number of carbonyl (C=O) groups is 1. The van der Waals surface area contributed by atoms with Crippen LogP contribution in [0.1, 0.15) is 63.9 Å². The van der Waals surface area contributed by atoms with Crippen LogP contribution in [0.15, 0.2) is 84.9 Å². The topological polar surface area (TPSA) is 137 Å². The number of aliphatic hydroxyl groups is 1. The van der Waals surface area contributed by atoms with Gasteiger partial charge in [0.25, 0.3) is 0 Å². The molecule has 0 fully saturated rings. The first-order valence-electron chi connectivity index (χ1n) is 14.1. The summed E-state index contributed by atoms with van der Waals surface area (Å²) in [5, 5.41) is 51.6. The summed E-state index contributed by atoms with van der Waals surface area (Å²) in [6, 6.07) is 21.5. The molecule has 0 unspecified atom stereocenters. The van der Waals surface area contributed by atoms with Crippen LogP contribution in [-0.2, 0) is 6.42 Å². The van der Waals surface area contributed by atoms with Crippen LogP contribution in [0, 0.1) is 0 Å². The van der Waals surface area contributed by atoms with Crippen molar-refractivity contribution in [1.29, 1.82) is 0 Å². The molecule has 0 spiro atoms. The molecule has 0 saturated heterocycles. The normalized spacial score (nSPS) is 16.8. The van der Waals surface area contributed by atoms with Crippen LogP contribution in [0.25, 0.3) is 6.08 Å². The molecule has 0 bridgehead atoms. The second-order valence-electron chi connectivity index (χ2n) is 10.7. The Hall–Kier alpha value is -4.95. The molecule has 4 aromatic rings.